The zero-order valence-corrected chi connectivity index (χ0v) is 11.5. The third-order valence-corrected chi connectivity index (χ3v) is 2.79. The minimum absolute atomic E-state index is 0.245. The minimum Gasteiger partial charge on any atom is -0.338 e. The Morgan fingerprint density at radius 2 is 1.89 bits per heavy atom. The summed E-state index contributed by atoms with van der Waals surface area (Å²) in [4.78, 5) is 25.0. The predicted octanol–water partition coefficient (Wildman–Crippen LogP) is -0.0956. The summed E-state index contributed by atoms with van der Waals surface area (Å²) in [5, 5.41) is 8.36. The Labute approximate surface area is 108 Å². The van der Waals surface area contributed by atoms with Crippen LogP contribution in [0.1, 0.15) is 27.2 Å². The van der Waals surface area contributed by atoms with E-state index in [1.54, 1.807) is 0 Å². The molecule has 1 saturated heterocycles. The van der Waals surface area contributed by atoms with E-state index in [9.17, 15) is 9.59 Å². The molecule has 1 fully saturated rings. The van der Waals surface area contributed by atoms with Crippen LogP contribution in [0.3, 0.4) is 0 Å². The lowest BCUT2D eigenvalue weighted by molar-refractivity contribution is -0.121. The van der Waals surface area contributed by atoms with Crippen molar-refractivity contribution in [2.45, 2.75) is 39.3 Å². The number of amides is 3. The molecule has 0 aromatic heterocycles. The third kappa shape index (κ3) is 5.46. The van der Waals surface area contributed by atoms with Crippen molar-refractivity contribution in [3.63, 3.8) is 0 Å². The maximum atomic E-state index is 11.7. The molecule has 0 radical (unpaired) electrons. The molecule has 0 spiro atoms. The first-order valence-corrected chi connectivity index (χ1v) is 6.57. The summed E-state index contributed by atoms with van der Waals surface area (Å²) in [6.07, 6.45) is 0.856. The number of nitrogens with zero attached hydrogens (tertiary/aromatic N) is 1. The predicted molar refractivity (Wildman–Crippen MR) is 70.3 cm³/mol. The lowest BCUT2D eigenvalue weighted by Crippen LogP contribution is -2.56. The number of urea groups is 1. The molecule has 1 heterocycles. The highest BCUT2D eigenvalue weighted by Crippen LogP contribution is 2.02. The molecule has 18 heavy (non-hydrogen) atoms. The van der Waals surface area contributed by atoms with E-state index in [2.05, 4.69) is 34.7 Å². The molecule has 1 aliphatic heterocycles. The number of hydrogen-bond donors (Lipinski definition) is 3. The molecule has 6 heteroatoms. The van der Waals surface area contributed by atoms with Crippen molar-refractivity contribution in [2.75, 3.05) is 26.2 Å². The van der Waals surface area contributed by atoms with Gasteiger partial charge in [-0.25, -0.2) is 4.79 Å². The second-order valence-corrected chi connectivity index (χ2v) is 4.97. The van der Waals surface area contributed by atoms with E-state index in [1.807, 2.05) is 6.92 Å². The minimum atomic E-state index is -0.405. The Bertz CT molecular complexity index is 286. The smallest absolute Gasteiger partial charge is 0.321 e. The number of nitrogens with one attached hydrogen (secondary N) is 3. The van der Waals surface area contributed by atoms with Crippen LogP contribution >= 0.6 is 0 Å². The van der Waals surface area contributed by atoms with Gasteiger partial charge < -0.3 is 10.6 Å². The second kappa shape index (κ2) is 7.33. The molecule has 0 bridgehead atoms. The molecule has 3 N–H and O–H groups in total. The molecular weight excluding hydrogens is 232 g/mol. The van der Waals surface area contributed by atoms with Crippen molar-refractivity contribution in [3.05, 3.63) is 0 Å². The molecule has 3 amide bonds. The molecule has 0 saturated carbocycles. The van der Waals surface area contributed by atoms with E-state index in [0.29, 0.717) is 18.6 Å². The van der Waals surface area contributed by atoms with Crippen molar-refractivity contribution in [1.29, 1.82) is 0 Å². The maximum Gasteiger partial charge on any atom is 0.321 e. The lowest BCUT2D eigenvalue weighted by Gasteiger charge is -2.35. The summed E-state index contributed by atoms with van der Waals surface area (Å²) in [5.74, 6) is -0.245. The topological polar surface area (TPSA) is 73.5 Å². The van der Waals surface area contributed by atoms with Gasteiger partial charge in [-0.3, -0.25) is 15.0 Å². The fourth-order valence-electron chi connectivity index (χ4n) is 2.22. The van der Waals surface area contributed by atoms with Gasteiger partial charge in [-0.1, -0.05) is 6.92 Å². The summed E-state index contributed by atoms with van der Waals surface area (Å²) in [5.41, 5.74) is 0. The van der Waals surface area contributed by atoms with Gasteiger partial charge in [0.15, 0.2) is 0 Å². The van der Waals surface area contributed by atoms with Gasteiger partial charge in [-0.2, -0.15) is 0 Å². The highest BCUT2D eigenvalue weighted by atomic mass is 16.2. The number of piperazine rings is 1. The third-order valence-electron chi connectivity index (χ3n) is 2.79. The zero-order valence-electron chi connectivity index (χ0n) is 11.5. The van der Waals surface area contributed by atoms with E-state index in [4.69, 9.17) is 0 Å². The standard InChI is InChI=1S/C12H24N4O2/c1-4-5-13-12(18)15-11(17)8-16-6-9(2)14-10(3)7-16/h9-10,14H,4-8H2,1-3H3,(H2,13,15,17,18). The fourth-order valence-corrected chi connectivity index (χ4v) is 2.22. The number of imide groups is 1. The molecule has 2 unspecified atom stereocenters. The molecule has 1 aliphatic rings. The van der Waals surface area contributed by atoms with Gasteiger partial charge in [0.25, 0.3) is 0 Å². The van der Waals surface area contributed by atoms with Crippen molar-refractivity contribution in [1.82, 2.24) is 20.9 Å². The van der Waals surface area contributed by atoms with Crippen LogP contribution in [0.5, 0.6) is 0 Å². The second-order valence-electron chi connectivity index (χ2n) is 4.97. The van der Waals surface area contributed by atoms with Crippen molar-refractivity contribution >= 4 is 11.9 Å². The summed E-state index contributed by atoms with van der Waals surface area (Å²) in [6.45, 7) is 8.66. The Morgan fingerprint density at radius 1 is 1.28 bits per heavy atom. The van der Waals surface area contributed by atoms with Gasteiger partial charge in [-0.05, 0) is 20.3 Å². The number of hydrogen-bond acceptors (Lipinski definition) is 4. The van der Waals surface area contributed by atoms with Gasteiger partial charge >= 0.3 is 6.03 Å². The van der Waals surface area contributed by atoms with Crippen LogP contribution in [0, 0.1) is 0 Å². The van der Waals surface area contributed by atoms with Crippen LogP contribution in [-0.4, -0.2) is 55.1 Å². The largest absolute Gasteiger partial charge is 0.338 e. The van der Waals surface area contributed by atoms with Crippen LogP contribution in [0.4, 0.5) is 4.79 Å². The first-order chi connectivity index (χ1) is 8.51. The summed E-state index contributed by atoms with van der Waals surface area (Å²) in [6, 6.07) is 0.337. The Balaban J connectivity index is 2.29. The van der Waals surface area contributed by atoms with Crippen molar-refractivity contribution in [3.8, 4) is 0 Å². The summed E-state index contributed by atoms with van der Waals surface area (Å²) >= 11 is 0. The van der Waals surface area contributed by atoms with Gasteiger partial charge in [-0.15, -0.1) is 0 Å². The number of carbonyl (C=O) groups is 2. The summed E-state index contributed by atoms with van der Waals surface area (Å²) < 4.78 is 0. The molecule has 2 atom stereocenters. The van der Waals surface area contributed by atoms with Gasteiger partial charge in [0.2, 0.25) is 5.91 Å². The van der Waals surface area contributed by atoms with Crippen LogP contribution in [0.15, 0.2) is 0 Å². The Kier molecular flexibility index (Phi) is 6.07. The van der Waals surface area contributed by atoms with Crippen LogP contribution < -0.4 is 16.0 Å². The fraction of sp³-hybridized carbons (Fsp3) is 0.833. The first kappa shape index (κ1) is 14.9. The average molecular weight is 256 g/mol. The normalized spacial score (nSPS) is 24.6. The van der Waals surface area contributed by atoms with Crippen LogP contribution in [0.2, 0.25) is 0 Å². The monoisotopic (exact) mass is 256 g/mol. The maximum absolute atomic E-state index is 11.7. The molecule has 0 aromatic carbocycles. The number of rotatable bonds is 4. The van der Waals surface area contributed by atoms with E-state index in [1.165, 1.54) is 0 Å². The van der Waals surface area contributed by atoms with Crippen molar-refractivity contribution in [2.24, 2.45) is 0 Å². The van der Waals surface area contributed by atoms with Gasteiger partial charge in [0, 0.05) is 31.7 Å². The number of carbonyl (C=O) groups excluding carboxylic acids is 2. The molecular formula is C12H24N4O2. The lowest BCUT2D eigenvalue weighted by atomic mass is 10.1. The average Bonchev–Trinajstić information content (AvgIpc) is 2.24. The SMILES string of the molecule is CCCNC(=O)NC(=O)CN1CC(C)NC(C)C1. The molecule has 1 rings (SSSR count). The quantitative estimate of drug-likeness (QED) is 0.657. The molecule has 6 nitrogen and oxygen atoms in total. The molecule has 0 aromatic rings. The Hall–Kier alpha value is -1.14. The van der Waals surface area contributed by atoms with E-state index >= 15 is 0 Å². The van der Waals surface area contributed by atoms with Gasteiger partial charge in [0.05, 0.1) is 6.54 Å². The van der Waals surface area contributed by atoms with Gasteiger partial charge in [0.1, 0.15) is 0 Å². The van der Waals surface area contributed by atoms with E-state index in [-0.39, 0.29) is 12.5 Å². The zero-order chi connectivity index (χ0) is 13.5. The van der Waals surface area contributed by atoms with E-state index in [0.717, 1.165) is 19.5 Å². The summed E-state index contributed by atoms with van der Waals surface area (Å²) in [7, 11) is 0. The highest BCUT2D eigenvalue weighted by molar-refractivity contribution is 5.95. The molecule has 104 valence electrons. The first-order valence-electron chi connectivity index (χ1n) is 6.57. The van der Waals surface area contributed by atoms with Crippen LogP contribution in [0.25, 0.3) is 0 Å². The van der Waals surface area contributed by atoms with E-state index < -0.39 is 6.03 Å². The highest BCUT2D eigenvalue weighted by Gasteiger charge is 2.22. The van der Waals surface area contributed by atoms with Crippen molar-refractivity contribution < 1.29 is 9.59 Å². The molecule has 0 aliphatic carbocycles. The Morgan fingerprint density at radius 3 is 2.44 bits per heavy atom. The van der Waals surface area contributed by atoms with Crippen LogP contribution in [-0.2, 0) is 4.79 Å².